The highest BCUT2D eigenvalue weighted by Crippen LogP contribution is 2.41. The van der Waals surface area contributed by atoms with Gasteiger partial charge in [0.05, 0.1) is 15.7 Å². The Bertz CT molecular complexity index is 596. The maximum Gasteiger partial charge on any atom is 0.416 e. The Morgan fingerprint density at radius 2 is 2.05 bits per heavy atom. The van der Waals surface area contributed by atoms with Gasteiger partial charge in [-0.3, -0.25) is 0 Å². The summed E-state index contributed by atoms with van der Waals surface area (Å²) in [6.07, 6.45) is -3.57. The third-order valence-corrected chi connectivity index (χ3v) is 5.84. The summed E-state index contributed by atoms with van der Waals surface area (Å²) in [7, 11) is -1.89. The van der Waals surface area contributed by atoms with Crippen LogP contribution < -0.4 is 5.32 Å². The van der Waals surface area contributed by atoms with E-state index in [1.807, 2.05) is 0 Å². The number of alkyl halides is 3. The van der Waals surface area contributed by atoms with Crippen molar-refractivity contribution in [2.24, 2.45) is 0 Å². The smallest absolute Gasteiger partial charge is 0.320 e. The van der Waals surface area contributed by atoms with E-state index in [2.05, 4.69) is 5.32 Å². The van der Waals surface area contributed by atoms with E-state index in [0.29, 0.717) is 19.4 Å². The van der Waals surface area contributed by atoms with E-state index >= 15 is 0 Å². The first-order chi connectivity index (χ1) is 9.28. The van der Waals surface area contributed by atoms with Crippen LogP contribution in [0.15, 0.2) is 23.1 Å². The number of sulfone groups is 1. The van der Waals surface area contributed by atoms with Crippen molar-refractivity contribution in [3.05, 3.63) is 29.3 Å². The summed E-state index contributed by atoms with van der Waals surface area (Å²) in [6, 6.07) is 3.39. The second kappa shape index (κ2) is 5.37. The molecule has 1 atom stereocenters. The molecular formula is C13H16F3NO2S. The number of hydrogen-bond donors (Lipinski definition) is 1. The largest absolute Gasteiger partial charge is 0.416 e. The zero-order valence-electron chi connectivity index (χ0n) is 11.0. The molecule has 2 rings (SSSR count). The number of halogens is 3. The van der Waals surface area contributed by atoms with Crippen molar-refractivity contribution in [1.29, 1.82) is 0 Å². The molecule has 0 aromatic heterocycles. The number of fused-ring (bicyclic) bond motifs is 1. The van der Waals surface area contributed by atoms with Crippen LogP contribution in [-0.4, -0.2) is 27.3 Å². The van der Waals surface area contributed by atoms with E-state index in [1.165, 1.54) is 6.07 Å². The van der Waals surface area contributed by atoms with Gasteiger partial charge in [-0.15, -0.1) is 0 Å². The molecule has 1 N–H and O–H groups in total. The molecule has 1 unspecified atom stereocenters. The summed E-state index contributed by atoms with van der Waals surface area (Å²) in [5.74, 6) is 0. The first-order valence-electron chi connectivity index (χ1n) is 6.36. The molecule has 1 aliphatic heterocycles. The minimum Gasteiger partial charge on any atom is -0.320 e. The van der Waals surface area contributed by atoms with Gasteiger partial charge >= 0.3 is 6.18 Å². The molecule has 20 heavy (non-hydrogen) atoms. The molecule has 0 saturated heterocycles. The van der Waals surface area contributed by atoms with Crippen LogP contribution in [-0.2, 0) is 22.4 Å². The fourth-order valence-corrected chi connectivity index (χ4v) is 4.62. The molecular weight excluding hydrogens is 291 g/mol. The first kappa shape index (κ1) is 15.3. The summed E-state index contributed by atoms with van der Waals surface area (Å²) in [5.41, 5.74) is -0.899. The Balaban J connectivity index is 2.36. The Morgan fingerprint density at radius 1 is 1.35 bits per heavy atom. The van der Waals surface area contributed by atoms with Crippen LogP contribution in [0.4, 0.5) is 13.2 Å². The quantitative estimate of drug-likeness (QED) is 0.869. The predicted molar refractivity (Wildman–Crippen MR) is 69.3 cm³/mol. The summed E-state index contributed by atoms with van der Waals surface area (Å²) < 4.78 is 63.3. The van der Waals surface area contributed by atoms with E-state index in [1.54, 1.807) is 7.05 Å². The third kappa shape index (κ3) is 2.69. The summed E-state index contributed by atoms with van der Waals surface area (Å²) in [6.45, 7) is 0.647. The minimum atomic E-state index is -4.51. The summed E-state index contributed by atoms with van der Waals surface area (Å²) in [5, 5.41) is 2.16. The maximum atomic E-state index is 12.9. The highest BCUT2D eigenvalue weighted by atomic mass is 32.2. The van der Waals surface area contributed by atoms with Crippen LogP contribution in [0.2, 0.25) is 0 Å². The van der Waals surface area contributed by atoms with E-state index in [4.69, 9.17) is 0 Å². The third-order valence-electron chi connectivity index (χ3n) is 3.57. The van der Waals surface area contributed by atoms with Crippen molar-refractivity contribution < 1.29 is 21.6 Å². The van der Waals surface area contributed by atoms with Gasteiger partial charge in [0.1, 0.15) is 0 Å². The Morgan fingerprint density at radius 3 is 2.65 bits per heavy atom. The second-order valence-corrected chi connectivity index (χ2v) is 7.09. The van der Waals surface area contributed by atoms with Gasteiger partial charge in [0.2, 0.25) is 0 Å². The first-order valence-corrected chi connectivity index (χ1v) is 7.90. The van der Waals surface area contributed by atoms with Crippen LogP contribution in [0.25, 0.3) is 0 Å². The van der Waals surface area contributed by atoms with Crippen molar-refractivity contribution in [3.63, 3.8) is 0 Å². The maximum absolute atomic E-state index is 12.9. The van der Waals surface area contributed by atoms with Gasteiger partial charge in [-0.2, -0.15) is 13.2 Å². The lowest BCUT2D eigenvalue weighted by atomic mass is 10.0. The van der Waals surface area contributed by atoms with Gasteiger partial charge in [0.25, 0.3) is 0 Å². The molecule has 1 aromatic carbocycles. The SMILES string of the molecule is CNCCCC1Cc2c(C(F)(F)F)cccc2S1(=O)=O. The highest BCUT2D eigenvalue weighted by molar-refractivity contribution is 7.92. The molecule has 1 aliphatic rings. The molecule has 0 bridgehead atoms. The summed E-state index contributed by atoms with van der Waals surface area (Å²) in [4.78, 5) is -0.151. The van der Waals surface area contributed by atoms with Crippen LogP contribution >= 0.6 is 0 Å². The molecule has 0 saturated carbocycles. The van der Waals surface area contributed by atoms with Crippen LogP contribution in [0, 0.1) is 0 Å². The molecule has 0 aliphatic carbocycles. The molecule has 1 aromatic rings. The zero-order valence-corrected chi connectivity index (χ0v) is 11.8. The van der Waals surface area contributed by atoms with E-state index in [9.17, 15) is 21.6 Å². The van der Waals surface area contributed by atoms with E-state index in [-0.39, 0.29) is 16.9 Å². The number of hydrogen-bond acceptors (Lipinski definition) is 3. The highest BCUT2D eigenvalue weighted by Gasteiger charge is 2.43. The molecule has 1 heterocycles. The molecule has 0 spiro atoms. The zero-order chi connectivity index (χ0) is 15.0. The lowest BCUT2D eigenvalue weighted by Gasteiger charge is -2.10. The molecule has 3 nitrogen and oxygen atoms in total. The molecule has 7 heteroatoms. The van der Waals surface area contributed by atoms with Gasteiger partial charge in [0, 0.05) is 0 Å². The van der Waals surface area contributed by atoms with Gasteiger partial charge in [-0.05, 0) is 50.6 Å². The monoisotopic (exact) mass is 307 g/mol. The fourth-order valence-electron chi connectivity index (χ4n) is 2.59. The van der Waals surface area contributed by atoms with Crippen molar-refractivity contribution in [2.75, 3.05) is 13.6 Å². The Kier molecular flexibility index (Phi) is 4.11. The Labute approximate surface area is 116 Å². The van der Waals surface area contributed by atoms with Crippen molar-refractivity contribution in [2.45, 2.75) is 35.6 Å². The predicted octanol–water partition coefficient (Wildman–Crippen LogP) is 2.40. The second-order valence-electron chi connectivity index (χ2n) is 4.90. The molecule has 0 amide bonds. The average Bonchev–Trinajstić information content (AvgIpc) is 2.61. The summed E-state index contributed by atoms with van der Waals surface area (Å²) >= 11 is 0. The van der Waals surface area contributed by atoms with Gasteiger partial charge in [0.15, 0.2) is 9.84 Å². The normalized spacial score (nSPS) is 20.9. The van der Waals surface area contributed by atoms with Crippen molar-refractivity contribution >= 4 is 9.84 Å². The number of nitrogens with one attached hydrogen (secondary N) is 1. The molecule has 0 radical (unpaired) electrons. The van der Waals surface area contributed by atoms with Crippen molar-refractivity contribution in [1.82, 2.24) is 5.32 Å². The minimum absolute atomic E-state index is 0.0446. The lowest BCUT2D eigenvalue weighted by molar-refractivity contribution is -0.138. The van der Waals surface area contributed by atoms with Crippen LogP contribution in [0.5, 0.6) is 0 Å². The Hall–Kier alpha value is -1.08. The fraction of sp³-hybridized carbons (Fsp3) is 0.538. The van der Waals surface area contributed by atoms with Gasteiger partial charge < -0.3 is 5.32 Å². The van der Waals surface area contributed by atoms with E-state index < -0.39 is 26.8 Å². The average molecular weight is 307 g/mol. The van der Waals surface area contributed by atoms with Gasteiger partial charge in [-0.25, -0.2) is 8.42 Å². The van der Waals surface area contributed by atoms with E-state index in [0.717, 1.165) is 12.1 Å². The lowest BCUT2D eigenvalue weighted by Crippen LogP contribution is -2.19. The van der Waals surface area contributed by atoms with Crippen molar-refractivity contribution in [3.8, 4) is 0 Å². The number of rotatable bonds is 4. The molecule has 0 fully saturated rings. The molecule has 112 valence electrons. The topological polar surface area (TPSA) is 46.2 Å². The number of benzene rings is 1. The standard InChI is InChI=1S/C13H16F3NO2S/c1-17-7-3-4-9-8-10-11(13(14,15)16)5-2-6-12(10)20(9,18)19/h2,5-6,9,17H,3-4,7-8H2,1H3. The van der Waals surface area contributed by atoms with Crippen LogP contribution in [0.1, 0.15) is 24.0 Å². The van der Waals surface area contributed by atoms with Crippen LogP contribution in [0.3, 0.4) is 0 Å². The van der Waals surface area contributed by atoms with Gasteiger partial charge in [-0.1, -0.05) is 6.07 Å².